The summed E-state index contributed by atoms with van der Waals surface area (Å²) in [5.41, 5.74) is 4.11. The summed E-state index contributed by atoms with van der Waals surface area (Å²) in [6.45, 7) is 1.82. The summed E-state index contributed by atoms with van der Waals surface area (Å²) in [5.74, 6) is -1.08. The molecule has 0 bridgehead atoms. The Hall–Kier alpha value is -2.59. The fourth-order valence-corrected chi connectivity index (χ4v) is 4.65. The van der Waals surface area contributed by atoms with Crippen molar-refractivity contribution < 1.29 is 14.7 Å². The number of aliphatic carboxylic acids is 1. The zero-order chi connectivity index (χ0) is 23.1. The van der Waals surface area contributed by atoms with Crippen LogP contribution in [0.1, 0.15) is 67.1 Å². The van der Waals surface area contributed by atoms with E-state index in [0.29, 0.717) is 10.6 Å². The van der Waals surface area contributed by atoms with Gasteiger partial charge in [0.25, 0.3) is 0 Å². The van der Waals surface area contributed by atoms with E-state index in [9.17, 15) is 9.59 Å². The number of carboxylic acids is 1. The van der Waals surface area contributed by atoms with Crippen molar-refractivity contribution in [2.24, 2.45) is 13.0 Å². The number of carbonyl (C=O) groups excluding carboxylic acids is 1. The summed E-state index contributed by atoms with van der Waals surface area (Å²) in [5, 5.41) is 10.5. The molecule has 4 nitrogen and oxygen atoms in total. The lowest BCUT2D eigenvalue weighted by Gasteiger charge is -2.11. The molecule has 0 fully saturated rings. The van der Waals surface area contributed by atoms with Crippen molar-refractivity contribution in [1.82, 2.24) is 4.57 Å². The molecule has 0 spiro atoms. The summed E-state index contributed by atoms with van der Waals surface area (Å²) in [6.07, 6.45) is 6.57. The number of hydrogen-bond acceptors (Lipinski definition) is 2. The van der Waals surface area contributed by atoms with Gasteiger partial charge in [-0.1, -0.05) is 61.7 Å². The molecule has 3 rings (SSSR count). The largest absolute Gasteiger partial charge is 0.481 e. The fraction of sp³-hybridized carbons (Fsp3) is 0.407. The van der Waals surface area contributed by atoms with Crippen molar-refractivity contribution in [3.8, 4) is 0 Å². The van der Waals surface area contributed by atoms with Crippen LogP contribution in [-0.4, -0.2) is 21.4 Å². The van der Waals surface area contributed by atoms with E-state index in [1.165, 1.54) is 5.56 Å². The van der Waals surface area contributed by atoms with Crippen LogP contribution < -0.4 is 0 Å². The summed E-state index contributed by atoms with van der Waals surface area (Å²) in [4.78, 5) is 24.3. The molecule has 1 aromatic heterocycles. The Labute approximate surface area is 195 Å². The molecule has 0 aliphatic carbocycles. The Morgan fingerprint density at radius 3 is 2.34 bits per heavy atom. The summed E-state index contributed by atoms with van der Waals surface area (Å²) >= 11 is 6.25. The van der Waals surface area contributed by atoms with Gasteiger partial charge in [-0.15, -0.1) is 0 Å². The highest BCUT2D eigenvalue weighted by molar-refractivity contribution is 6.31. The van der Waals surface area contributed by atoms with Gasteiger partial charge < -0.3 is 9.67 Å². The minimum Gasteiger partial charge on any atom is -0.481 e. The molecule has 32 heavy (non-hydrogen) atoms. The molecule has 0 aliphatic heterocycles. The Bertz CT molecular complexity index is 1070. The highest BCUT2D eigenvalue weighted by Gasteiger charge is 2.23. The number of carboxylic acid groups (broad SMARTS) is 1. The summed E-state index contributed by atoms with van der Waals surface area (Å²) in [7, 11) is 2.00. The Morgan fingerprint density at radius 2 is 1.66 bits per heavy atom. The van der Waals surface area contributed by atoms with Crippen LogP contribution in [0.15, 0.2) is 48.5 Å². The van der Waals surface area contributed by atoms with Gasteiger partial charge in [-0.2, -0.15) is 0 Å². The Morgan fingerprint density at radius 1 is 0.969 bits per heavy atom. The second kappa shape index (κ2) is 11.3. The van der Waals surface area contributed by atoms with E-state index < -0.39 is 5.97 Å². The number of rotatable bonds is 12. The molecule has 2 aromatic carbocycles. The number of benzene rings is 2. The molecule has 1 unspecified atom stereocenters. The number of hydrogen-bond donors (Lipinski definition) is 1. The van der Waals surface area contributed by atoms with Crippen LogP contribution in [0.2, 0.25) is 5.02 Å². The van der Waals surface area contributed by atoms with Crippen LogP contribution in [-0.2, 0) is 24.7 Å². The van der Waals surface area contributed by atoms with E-state index >= 15 is 0 Å². The molecule has 0 radical (unpaired) electrons. The molecular weight excluding hydrogens is 422 g/mol. The molecular formula is C27H32ClNO3. The number of aryl methyl sites for hydroxylation is 2. The number of carbonyl (C=O) groups is 2. The van der Waals surface area contributed by atoms with E-state index in [2.05, 4.69) is 28.8 Å². The van der Waals surface area contributed by atoms with Crippen LogP contribution >= 0.6 is 11.6 Å². The maximum Gasteiger partial charge on any atom is 0.303 e. The lowest BCUT2D eigenvalue weighted by Crippen LogP contribution is -2.12. The number of halogens is 1. The van der Waals surface area contributed by atoms with Crippen LogP contribution in [0, 0.1) is 5.92 Å². The highest BCUT2D eigenvalue weighted by atomic mass is 35.5. The number of aromatic nitrogens is 1. The zero-order valence-corrected chi connectivity index (χ0v) is 19.7. The first-order chi connectivity index (χ1) is 15.4. The molecule has 0 saturated heterocycles. The molecule has 1 atom stereocenters. The predicted octanol–water partition coefficient (Wildman–Crippen LogP) is 6.86. The first-order valence-electron chi connectivity index (χ1n) is 11.4. The summed E-state index contributed by atoms with van der Waals surface area (Å²) < 4.78 is 2.10. The molecule has 1 N–H and O–H groups in total. The van der Waals surface area contributed by atoms with Gasteiger partial charge in [-0.25, -0.2) is 0 Å². The third-order valence-electron chi connectivity index (χ3n) is 6.09. The number of ketones is 1. The first kappa shape index (κ1) is 24.1. The second-order valence-electron chi connectivity index (χ2n) is 8.77. The van der Waals surface area contributed by atoms with Gasteiger partial charge in [0.2, 0.25) is 0 Å². The normalized spacial score (nSPS) is 12.2. The highest BCUT2D eigenvalue weighted by Crippen LogP contribution is 2.31. The van der Waals surface area contributed by atoms with Crippen LogP contribution in [0.4, 0.5) is 0 Å². The second-order valence-corrected chi connectivity index (χ2v) is 9.21. The predicted molar refractivity (Wildman–Crippen MR) is 131 cm³/mol. The van der Waals surface area contributed by atoms with E-state index in [4.69, 9.17) is 16.7 Å². The van der Waals surface area contributed by atoms with Crippen molar-refractivity contribution in [3.05, 3.63) is 70.4 Å². The van der Waals surface area contributed by atoms with Crippen LogP contribution in [0.5, 0.6) is 0 Å². The molecule has 3 aromatic rings. The van der Waals surface area contributed by atoms with E-state index in [-0.39, 0.29) is 24.5 Å². The number of Topliss-reactive ketones (excluding diaryl/α,β-unsaturated/α-hetero) is 1. The molecule has 170 valence electrons. The maximum atomic E-state index is 13.2. The van der Waals surface area contributed by atoms with Crippen molar-refractivity contribution in [2.75, 3.05) is 0 Å². The number of fused-ring (bicyclic) bond motifs is 1. The van der Waals surface area contributed by atoms with E-state index in [0.717, 1.165) is 55.1 Å². The lowest BCUT2D eigenvalue weighted by atomic mass is 9.94. The van der Waals surface area contributed by atoms with Gasteiger partial charge in [0.1, 0.15) is 0 Å². The zero-order valence-electron chi connectivity index (χ0n) is 18.9. The molecule has 0 saturated carbocycles. The lowest BCUT2D eigenvalue weighted by molar-refractivity contribution is -0.137. The monoisotopic (exact) mass is 453 g/mol. The molecule has 0 amide bonds. The van der Waals surface area contributed by atoms with Gasteiger partial charge >= 0.3 is 5.97 Å². The molecule has 5 heteroatoms. The van der Waals surface area contributed by atoms with Crippen molar-refractivity contribution in [1.29, 1.82) is 0 Å². The minimum absolute atomic E-state index is 0.00527. The van der Waals surface area contributed by atoms with Gasteiger partial charge in [-0.3, -0.25) is 9.59 Å². The quantitative estimate of drug-likeness (QED) is 0.240. The van der Waals surface area contributed by atoms with Crippen molar-refractivity contribution in [2.45, 2.75) is 58.3 Å². The van der Waals surface area contributed by atoms with Crippen LogP contribution in [0.25, 0.3) is 10.9 Å². The number of unbranched alkanes of at least 4 members (excludes halogenated alkanes) is 3. The first-order valence-corrected chi connectivity index (χ1v) is 11.8. The van der Waals surface area contributed by atoms with Crippen molar-refractivity contribution >= 4 is 34.3 Å². The smallest absolute Gasteiger partial charge is 0.303 e. The van der Waals surface area contributed by atoms with Gasteiger partial charge in [0.05, 0.1) is 0 Å². The molecule has 1 heterocycles. The third-order valence-corrected chi connectivity index (χ3v) is 6.33. The number of nitrogens with zero attached hydrogens (tertiary/aromatic N) is 1. The Kier molecular flexibility index (Phi) is 8.52. The fourth-order valence-electron chi connectivity index (χ4n) is 4.48. The van der Waals surface area contributed by atoms with E-state index in [1.54, 1.807) is 0 Å². The SMILES string of the molecule is CC(CC(=O)O)CC(=O)c1c(CCCCCCc2ccccc2)n(C)c2ccc(Cl)cc12. The maximum absolute atomic E-state index is 13.2. The summed E-state index contributed by atoms with van der Waals surface area (Å²) in [6, 6.07) is 16.2. The topological polar surface area (TPSA) is 59.3 Å². The standard InChI is InChI=1S/C27H32ClNO3/c1-19(17-26(31)32)16-25(30)27-22-18-21(28)14-15-23(22)29(2)24(27)13-9-4-3-6-10-20-11-7-5-8-12-20/h5,7-8,11-12,14-15,18-19H,3-4,6,9-10,13,16-17H2,1-2H3,(H,31,32). The van der Waals surface area contributed by atoms with E-state index in [1.807, 2.05) is 38.2 Å². The average Bonchev–Trinajstić information content (AvgIpc) is 3.01. The molecule has 0 aliphatic rings. The minimum atomic E-state index is -0.873. The van der Waals surface area contributed by atoms with Crippen molar-refractivity contribution in [3.63, 3.8) is 0 Å². The third kappa shape index (κ3) is 6.23. The van der Waals surface area contributed by atoms with Gasteiger partial charge in [-0.05, 0) is 55.4 Å². The van der Waals surface area contributed by atoms with Gasteiger partial charge in [0.15, 0.2) is 5.78 Å². The van der Waals surface area contributed by atoms with Crippen LogP contribution in [0.3, 0.4) is 0 Å². The average molecular weight is 454 g/mol. The van der Waals surface area contributed by atoms with Gasteiger partial charge in [0, 0.05) is 47.1 Å². The Balaban J connectivity index is 1.69.